The zero-order valence-electron chi connectivity index (χ0n) is 7.26. The summed E-state index contributed by atoms with van der Waals surface area (Å²) in [6, 6.07) is 7.50. The second-order valence-electron chi connectivity index (χ2n) is 3.44. The highest BCUT2D eigenvalue weighted by atomic mass is 19.1. The summed E-state index contributed by atoms with van der Waals surface area (Å²) in [5.74, 6) is -1.26. The Hall–Kier alpha value is -0.890. The van der Waals surface area contributed by atoms with Crippen molar-refractivity contribution >= 4 is 0 Å². The first-order chi connectivity index (χ1) is 5.63. The van der Waals surface area contributed by atoms with Crippen LogP contribution < -0.4 is 5.32 Å². The third kappa shape index (κ3) is 1.03. The van der Waals surface area contributed by atoms with Crippen LogP contribution in [0, 0.1) is 6.92 Å². The molecule has 1 heterocycles. The van der Waals surface area contributed by atoms with Crippen LogP contribution in [0.4, 0.5) is 4.39 Å². The van der Waals surface area contributed by atoms with Gasteiger partial charge in [-0.05, 0) is 13.8 Å². The van der Waals surface area contributed by atoms with Crippen LogP contribution in [0.3, 0.4) is 0 Å². The third-order valence-corrected chi connectivity index (χ3v) is 2.41. The van der Waals surface area contributed by atoms with Gasteiger partial charge in [0.1, 0.15) is 0 Å². The number of aryl methyl sites for hydroxylation is 1. The highest BCUT2D eigenvalue weighted by Gasteiger charge is 2.52. The standard InChI is InChI=1S/C10H12FN/c1-7-3-5-9(6-4-7)10(11)8(2)12-10/h3-6,8,12H,1-2H3. The summed E-state index contributed by atoms with van der Waals surface area (Å²) in [5.41, 5.74) is 1.90. The van der Waals surface area contributed by atoms with Crippen LogP contribution in [0.2, 0.25) is 0 Å². The van der Waals surface area contributed by atoms with E-state index in [0.29, 0.717) is 0 Å². The number of nitrogens with one attached hydrogen (secondary N) is 1. The zero-order chi connectivity index (χ0) is 8.77. The topological polar surface area (TPSA) is 21.9 Å². The van der Waals surface area contributed by atoms with Crippen molar-refractivity contribution in [3.63, 3.8) is 0 Å². The molecule has 1 aromatic carbocycles. The van der Waals surface area contributed by atoms with Gasteiger partial charge in [-0.25, -0.2) is 4.39 Å². The molecule has 1 fully saturated rings. The number of alkyl halides is 1. The second-order valence-corrected chi connectivity index (χ2v) is 3.44. The van der Waals surface area contributed by atoms with Crippen LogP contribution in [0.15, 0.2) is 24.3 Å². The van der Waals surface area contributed by atoms with Crippen LogP contribution >= 0.6 is 0 Å². The summed E-state index contributed by atoms with van der Waals surface area (Å²) in [5, 5.41) is 2.78. The first-order valence-corrected chi connectivity index (χ1v) is 4.17. The Balaban J connectivity index is 2.31. The lowest BCUT2D eigenvalue weighted by atomic mass is 10.1. The Morgan fingerprint density at radius 2 is 1.83 bits per heavy atom. The molecule has 0 radical (unpaired) electrons. The van der Waals surface area contributed by atoms with Crippen molar-refractivity contribution in [2.24, 2.45) is 0 Å². The van der Waals surface area contributed by atoms with E-state index in [-0.39, 0.29) is 6.04 Å². The molecule has 2 unspecified atom stereocenters. The number of rotatable bonds is 1. The molecule has 0 aliphatic carbocycles. The summed E-state index contributed by atoms with van der Waals surface area (Å²) < 4.78 is 13.6. The first kappa shape index (κ1) is 7.74. The maximum absolute atomic E-state index is 13.6. The molecule has 1 N–H and O–H groups in total. The molecule has 2 rings (SSSR count). The minimum Gasteiger partial charge on any atom is -0.273 e. The molecule has 0 aromatic heterocycles. The van der Waals surface area contributed by atoms with E-state index in [1.165, 1.54) is 0 Å². The van der Waals surface area contributed by atoms with Gasteiger partial charge in [0, 0.05) is 5.56 Å². The summed E-state index contributed by atoms with van der Waals surface area (Å²) in [7, 11) is 0. The normalized spacial score (nSPS) is 33.4. The molecule has 1 saturated heterocycles. The Kier molecular flexibility index (Phi) is 1.48. The van der Waals surface area contributed by atoms with E-state index in [2.05, 4.69) is 5.32 Å². The van der Waals surface area contributed by atoms with Gasteiger partial charge in [-0.15, -0.1) is 0 Å². The van der Waals surface area contributed by atoms with Gasteiger partial charge >= 0.3 is 0 Å². The predicted octanol–water partition coefficient (Wildman–Crippen LogP) is 2.11. The summed E-state index contributed by atoms with van der Waals surface area (Å²) in [6.07, 6.45) is 0. The minimum absolute atomic E-state index is 0.0415. The van der Waals surface area contributed by atoms with Gasteiger partial charge < -0.3 is 0 Å². The fourth-order valence-corrected chi connectivity index (χ4v) is 1.40. The van der Waals surface area contributed by atoms with Crippen molar-refractivity contribution in [2.75, 3.05) is 0 Å². The maximum Gasteiger partial charge on any atom is 0.202 e. The van der Waals surface area contributed by atoms with Gasteiger partial charge in [0.15, 0.2) is 0 Å². The number of hydrogen-bond acceptors (Lipinski definition) is 1. The zero-order valence-corrected chi connectivity index (χ0v) is 7.26. The van der Waals surface area contributed by atoms with E-state index in [4.69, 9.17) is 0 Å². The number of halogens is 1. The Morgan fingerprint density at radius 1 is 1.33 bits per heavy atom. The van der Waals surface area contributed by atoms with Crippen molar-refractivity contribution < 1.29 is 4.39 Å². The molecule has 0 amide bonds. The van der Waals surface area contributed by atoms with Crippen LogP contribution in [-0.4, -0.2) is 6.04 Å². The molecule has 1 aliphatic rings. The number of benzene rings is 1. The van der Waals surface area contributed by atoms with E-state index in [9.17, 15) is 4.39 Å². The molecule has 64 valence electrons. The average molecular weight is 165 g/mol. The number of hydrogen-bond donors (Lipinski definition) is 1. The summed E-state index contributed by atoms with van der Waals surface area (Å²) >= 11 is 0. The van der Waals surface area contributed by atoms with Crippen molar-refractivity contribution in [1.29, 1.82) is 0 Å². The average Bonchev–Trinajstić information content (AvgIpc) is 2.62. The fourth-order valence-electron chi connectivity index (χ4n) is 1.40. The predicted molar refractivity (Wildman–Crippen MR) is 46.6 cm³/mol. The maximum atomic E-state index is 13.6. The Labute approximate surface area is 71.6 Å². The van der Waals surface area contributed by atoms with Crippen molar-refractivity contribution in [3.05, 3.63) is 35.4 Å². The van der Waals surface area contributed by atoms with Crippen LogP contribution in [0.5, 0.6) is 0 Å². The molecule has 1 aliphatic heterocycles. The van der Waals surface area contributed by atoms with Gasteiger partial charge in [-0.1, -0.05) is 29.8 Å². The molecule has 0 saturated carbocycles. The van der Waals surface area contributed by atoms with E-state index in [1.807, 2.05) is 38.1 Å². The first-order valence-electron chi connectivity index (χ1n) is 4.17. The second kappa shape index (κ2) is 2.30. The van der Waals surface area contributed by atoms with E-state index in [0.717, 1.165) is 11.1 Å². The van der Waals surface area contributed by atoms with Crippen LogP contribution in [-0.2, 0) is 5.79 Å². The van der Waals surface area contributed by atoms with Crippen molar-refractivity contribution in [3.8, 4) is 0 Å². The highest BCUT2D eigenvalue weighted by Crippen LogP contribution is 2.38. The summed E-state index contributed by atoms with van der Waals surface area (Å²) in [4.78, 5) is 0. The minimum atomic E-state index is -1.26. The van der Waals surface area contributed by atoms with E-state index in [1.54, 1.807) is 0 Å². The smallest absolute Gasteiger partial charge is 0.202 e. The molecule has 0 bridgehead atoms. The third-order valence-electron chi connectivity index (χ3n) is 2.41. The van der Waals surface area contributed by atoms with Gasteiger partial charge in [-0.2, -0.15) is 0 Å². The SMILES string of the molecule is Cc1ccc(C2(F)NC2C)cc1. The lowest BCUT2D eigenvalue weighted by molar-refractivity contribution is 0.297. The molecule has 2 heteroatoms. The van der Waals surface area contributed by atoms with Gasteiger partial charge in [0.25, 0.3) is 0 Å². The molecule has 0 spiro atoms. The van der Waals surface area contributed by atoms with Gasteiger partial charge in [-0.3, -0.25) is 5.32 Å². The van der Waals surface area contributed by atoms with Crippen LogP contribution in [0.1, 0.15) is 18.1 Å². The van der Waals surface area contributed by atoms with Gasteiger partial charge in [0.05, 0.1) is 6.04 Å². The molecule has 12 heavy (non-hydrogen) atoms. The largest absolute Gasteiger partial charge is 0.273 e. The van der Waals surface area contributed by atoms with Crippen LogP contribution in [0.25, 0.3) is 0 Å². The Morgan fingerprint density at radius 3 is 2.25 bits per heavy atom. The molecular formula is C10H12FN. The van der Waals surface area contributed by atoms with Crippen molar-refractivity contribution in [2.45, 2.75) is 25.7 Å². The molecular weight excluding hydrogens is 153 g/mol. The monoisotopic (exact) mass is 165 g/mol. The van der Waals surface area contributed by atoms with Gasteiger partial charge in [0.2, 0.25) is 5.79 Å². The van der Waals surface area contributed by atoms with E-state index < -0.39 is 5.79 Å². The highest BCUT2D eigenvalue weighted by molar-refractivity contribution is 5.32. The quantitative estimate of drug-likeness (QED) is 0.499. The van der Waals surface area contributed by atoms with Crippen molar-refractivity contribution in [1.82, 2.24) is 5.32 Å². The lowest BCUT2D eigenvalue weighted by Crippen LogP contribution is -2.05. The molecule has 2 atom stereocenters. The van der Waals surface area contributed by atoms with E-state index >= 15 is 0 Å². The summed E-state index contributed by atoms with van der Waals surface area (Å²) in [6.45, 7) is 3.85. The fraction of sp³-hybridized carbons (Fsp3) is 0.400. The Bertz CT molecular complexity index is 293. The molecule has 1 aromatic rings. The lowest BCUT2D eigenvalue weighted by Gasteiger charge is -2.04. The molecule has 1 nitrogen and oxygen atoms in total.